The maximum absolute atomic E-state index is 5.75. The molecule has 4 rings (SSSR count). The number of methoxy groups -OCH3 is 1. The molecule has 1 atom stereocenters. The van der Waals surface area contributed by atoms with Crippen LogP contribution in [0.1, 0.15) is 28.8 Å². The van der Waals surface area contributed by atoms with E-state index in [1.165, 1.54) is 22.4 Å². The highest BCUT2D eigenvalue weighted by Gasteiger charge is 2.34. The molecular weight excluding hydrogens is 294 g/mol. The maximum Gasteiger partial charge on any atom is 0.102 e. The van der Waals surface area contributed by atoms with Crippen LogP contribution in [0.4, 0.5) is 5.69 Å². The Morgan fingerprint density at radius 2 is 1.33 bits per heavy atom. The average molecular weight is 315 g/mol. The molecule has 0 saturated heterocycles. The SMILES string of the molecule is COC1CN(C(c2ccccc2)c2ccccc2)c2ccccc21. The maximum atomic E-state index is 5.75. The van der Waals surface area contributed by atoms with Gasteiger partial charge in [-0.15, -0.1) is 0 Å². The van der Waals surface area contributed by atoms with Gasteiger partial charge in [0, 0.05) is 24.9 Å². The summed E-state index contributed by atoms with van der Waals surface area (Å²) in [5.41, 5.74) is 5.14. The number of ether oxygens (including phenoxy) is 1. The summed E-state index contributed by atoms with van der Waals surface area (Å²) in [7, 11) is 1.80. The number of fused-ring (bicyclic) bond motifs is 1. The normalized spacial score (nSPS) is 16.4. The Morgan fingerprint density at radius 1 is 0.792 bits per heavy atom. The fourth-order valence-corrected chi connectivity index (χ4v) is 3.67. The zero-order valence-electron chi connectivity index (χ0n) is 13.8. The number of rotatable bonds is 4. The van der Waals surface area contributed by atoms with E-state index in [0.717, 1.165) is 6.54 Å². The van der Waals surface area contributed by atoms with Crippen molar-refractivity contribution in [3.05, 3.63) is 102 Å². The van der Waals surface area contributed by atoms with Gasteiger partial charge in [-0.25, -0.2) is 0 Å². The summed E-state index contributed by atoms with van der Waals surface area (Å²) in [6.45, 7) is 0.865. The average Bonchev–Trinajstić information content (AvgIpc) is 3.03. The molecule has 1 aliphatic rings. The molecule has 0 spiro atoms. The predicted molar refractivity (Wildman–Crippen MR) is 98.3 cm³/mol. The molecule has 1 heterocycles. The van der Waals surface area contributed by atoms with Crippen molar-refractivity contribution in [3.8, 4) is 0 Å². The minimum atomic E-state index is 0.121. The van der Waals surface area contributed by atoms with E-state index in [-0.39, 0.29) is 12.1 Å². The van der Waals surface area contributed by atoms with E-state index >= 15 is 0 Å². The molecule has 0 fully saturated rings. The smallest absolute Gasteiger partial charge is 0.102 e. The van der Waals surface area contributed by atoms with E-state index in [2.05, 4.69) is 89.8 Å². The van der Waals surface area contributed by atoms with Gasteiger partial charge in [-0.2, -0.15) is 0 Å². The van der Waals surface area contributed by atoms with Crippen LogP contribution in [0.5, 0.6) is 0 Å². The lowest BCUT2D eigenvalue weighted by atomic mass is 9.97. The summed E-state index contributed by atoms with van der Waals surface area (Å²) in [6.07, 6.45) is 0.121. The molecular formula is C22H21NO. The number of hydrogen-bond acceptors (Lipinski definition) is 2. The monoisotopic (exact) mass is 315 g/mol. The second-order valence-electron chi connectivity index (χ2n) is 6.16. The van der Waals surface area contributed by atoms with Crippen molar-refractivity contribution in [1.29, 1.82) is 0 Å². The third-order valence-corrected chi connectivity index (χ3v) is 4.78. The summed E-state index contributed by atoms with van der Waals surface area (Å²) < 4.78 is 5.75. The number of anilines is 1. The topological polar surface area (TPSA) is 12.5 Å². The molecule has 2 heteroatoms. The first-order valence-corrected chi connectivity index (χ1v) is 8.36. The van der Waals surface area contributed by atoms with Crippen LogP contribution in [0.3, 0.4) is 0 Å². The summed E-state index contributed by atoms with van der Waals surface area (Å²) in [4.78, 5) is 2.47. The van der Waals surface area contributed by atoms with Gasteiger partial charge in [0.2, 0.25) is 0 Å². The highest BCUT2D eigenvalue weighted by molar-refractivity contribution is 5.62. The van der Waals surface area contributed by atoms with E-state index in [0.29, 0.717) is 0 Å². The van der Waals surface area contributed by atoms with Crippen LogP contribution in [-0.2, 0) is 4.74 Å². The summed E-state index contributed by atoms with van der Waals surface area (Å²) in [6, 6.07) is 30.2. The standard InChI is InChI=1S/C22H21NO/c1-24-21-16-23(20-15-9-8-14-19(20)21)22(17-10-4-2-5-11-17)18-12-6-3-7-13-18/h2-15,21-22H,16H2,1H3. The number of para-hydroxylation sites is 1. The highest BCUT2D eigenvalue weighted by atomic mass is 16.5. The molecule has 1 unspecified atom stereocenters. The van der Waals surface area contributed by atoms with Crippen LogP contribution in [0.15, 0.2) is 84.9 Å². The Kier molecular flexibility index (Phi) is 4.06. The Morgan fingerprint density at radius 3 is 1.92 bits per heavy atom. The van der Waals surface area contributed by atoms with E-state index < -0.39 is 0 Å². The molecule has 0 N–H and O–H groups in total. The first-order valence-electron chi connectivity index (χ1n) is 8.36. The third kappa shape index (κ3) is 2.59. The van der Waals surface area contributed by atoms with Gasteiger partial charge in [0.25, 0.3) is 0 Å². The molecule has 3 aromatic carbocycles. The lowest BCUT2D eigenvalue weighted by Gasteiger charge is -2.31. The summed E-state index contributed by atoms with van der Waals surface area (Å²) in [5, 5.41) is 0. The van der Waals surface area contributed by atoms with Crippen molar-refractivity contribution in [1.82, 2.24) is 0 Å². The minimum Gasteiger partial charge on any atom is -0.375 e. The molecule has 0 amide bonds. The predicted octanol–water partition coefficient (Wildman–Crippen LogP) is 4.98. The van der Waals surface area contributed by atoms with E-state index in [1.807, 2.05) is 0 Å². The second kappa shape index (κ2) is 6.50. The first-order chi connectivity index (χ1) is 11.9. The van der Waals surface area contributed by atoms with Crippen LogP contribution in [0, 0.1) is 0 Å². The zero-order valence-corrected chi connectivity index (χ0v) is 13.8. The van der Waals surface area contributed by atoms with Crippen LogP contribution in [0.25, 0.3) is 0 Å². The quantitative estimate of drug-likeness (QED) is 0.673. The fourth-order valence-electron chi connectivity index (χ4n) is 3.67. The Balaban J connectivity index is 1.84. The summed E-state index contributed by atoms with van der Waals surface area (Å²) >= 11 is 0. The number of hydrogen-bond donors (Lipinski definition) is 0. The van der Waals surface area contributed by atoms with Gasteiger partial charge in [0.1, 0.15) is 6.10 Å². The molecule has 0 aromatic heterocycles. The van der Waals surface area contributed by atoms with Gasteiger partial charge < -0.3 is 9.64 Å². The van der Waals surface area contributed by atoms with E-state index in [1.54, 1.807) is 7.11 Å². The minimum absolute atomic E-state index is 0.121. The van der Waals surface area contributed by atoms with Crippen molar-refractivity contribution in [3.63, 3.8) is 0 Å². The molecule has 0 radical (unpaired) electrons. The van der Waals surface area contributed by atoms with Crippen LogP contribution >= 0.6 is 0 Å². The molecule has 1 aliphatic heterocycles. The Bertz CT molecular complexity index is 761. The highest BCUT2D eigenvalue weighted by Crippen LogP contribution is 2.43. The molecule has 2 nitrogen and oxygen atoms in total. The molecule has 120 valence electrons. The van der Waals surface area contributed by atoms with E-state index in [9.17, 15) is 0 Å². The first kappa shape index (κ1) is 15.0. The van der Waals surface area contributed by atoms with Crippen molar-refractivity contribution in [2.45, 2.75) is 12.1 Å². The van der Waals surface area contributed by atoms with Crippen molar-refractivity contribution in [2.75, 3.05) is 18.6 Å². The van der Waals surface area contributed by atoms with Crippen molar-refractivity contribution < 1.29 is 4.74 Å². The van der Waals surface area contributed by atoms with Gasteiger partial charge in [0.05, 0.1) is 6.04 Å². The zero-order chi connectivity index (χ0) is 16.4. The van der Waals surface area contributed by atoms with E-state index in [4.69, 9.17) is 4.74 Å². The van der Waals surface area contributed by atoms with Crippen molar-refractivity contribution in [2.24, 2.45) is 0 Å². The molecule has 0 aliphatic carbocycles. The largest absolute Gasteiger partial charge is 0.375 e. The Labute approximate surface area is 143 Å². The fraction of sp³-hybridized carbons (Fsp3) is 0.182. The van der Waals surface area contributed by atoms with Gasteiger partial charge in [-0.1, -0.05) is 78.9 Å². The number of nitrogens with zero attached hydrogens (tertiary/aromatic N) is 1. The molecule has 0 saturated carbocycles. The van der Waals surface area contributed by atoms with Crippen LogP contribution in [0.2, 0.25) is 0 Å². The van der Waals surface area contributed by atoms with Gasteiger partial charge >= 0.3 is 0 Å². The Hall–Kier alpha value is -2.58. The molecule has 3 aromatic rings. The molecule has 24 heavy (non-hydrogen) atoms. The van der Waals surface area contributed by atoms with Crippen LogP contribution in [-0.4, -0.2) is 13.7 Å². The summed E-state index contributed by atoms with van der Waals surface area (Å²) in [5.74, 6) is 0. The van der Waals surface area contributed by atoms with Crippen LogP contribution < -0.4 is 4.90 Å². The number of benzene rings is 3. The molecule has 0 bridgehead atoms. The lowest BCUT2D eigenvalue weighted by Crippen LogP contribution is -2.28. The van der Waals surface area contributed by atoms with Crippen molar-refractivity contribution >= 4 is 5.69 Å². The van der Waals surface area contributed by atoms with Gasteiger partial charge in [0.15, 0.2) is 0 Å². The van der Waals surface area contributed by atoms with Gasteiger partial charge in [-0.3, -0.25) is 0 Å². The third-order valence-electron chi connectivity index (χ3n) is 4.78. The van der Waals surface area contributed by atoms with Gasteiger partial charge in [-0.05, 0) is 17.2 Å². The second-order valence-corrected chi connectivity index (χ2v) is 6.16. The lowest BCUT2D eigenvalue weighted by molar-refractivity contribution is 0.115.